The lowest BCUT2D eigenvalue weighted by Crippen LogP contribution is -2.35. The number of halogens is 1. The summed E-state index contributed by atoms with van der Waals surface area (Å²) in [4.78, 5) is 14.7. The third-order valence-corrected chi connectivity index (χ3v) is 5.73. The van der Waals surface area contributed by atoms with Crippen LogP contribution in [0, 0.1) is 0 Å². The Hall–Kier alpha value is -2.22. The summed E-state index contributed by atoms with van der Waals surface area (Å²) >= 11 is 7.19. The highest BCUT2D eigenvalue weighted by Gasteiger charge is 2.25. The number of fused-ring (bicyclic) bond motifs is 1. The van der Waals surface area contributed by atoms with E-state index >= 15 is 0 Å². The van der Waals surface area contributed by atoms with Crippen molar-refractivity contribution < 1.29 is 4.79 Å². The molecule has 0 saturated heterocycles. The first-order valence-electron chi connectivity index (χ1n) is 8.38. The Morgan fingerprint density at radius 1 is 1.27 bits per heavy atom. The molecule has 0 bridgehead atoms. The van der Waals surface area contributed by atoms with Crippen molar-refractivity contribution >= 4 is 34.5 Å². The molecule has 1 aromatic carbocycles. The number of aromatic nitrogens is 3. The molecule has 1 atom stereocenters. The van der Waals surface area contributed by atoms with Gasteiger partial charge in [0, 0.05) is 41.7 Å². The van der Waals surface area contributed by atoms with Gasteiger partial charge in [-0.05, 0) is 43.3 Å². The van der Waals surface area contributed by atoms with Crippen molar-refractivity contribution in [1.82, 2.24) is 19.7 Å². The lowest BCUT2D eigenvalue weighted by molar-refractivity contribution is 0.102. The molecule has 6 nitrogen and oxygen atoms in total. The number of carbonyl (C=O) groups is 1. The topological polar surface area (TPSA) is 63.1 Å². The van der Waals surface area contributed by atoms with E-state index in [1.807, 2.05) is 0 Å². The van der Waals surface area contributed by atoms with Crippen LogP contribution in [0.15, 0.2) is 42.6 Å². The number of anilines is 1. The van der Waals surface area contributed by atoms with Crippen molar-refractivity contribution in [1.29, 1.82) is 0 Å². The second-order valence-electron chi connectivity index (χ2n) is 6.23. The van der Waals surface area contributed by atoms with Crippen molar-refractivity contribution in [3.63, 3.8) is 0 Å². The van der Waals surface area contributed by atoms with E-state index in [2.05, 4.69) is 50.2 Å². The van der Waals surface area contributed by atoms with Crippen LogP contribution in [0.2, 0.25) is 5.02 Å². The monoisotopic (exact) mass is 387 g/mol. The third-order valence-electron chi connectivity index (χ3n) is 4.57. The first-order chi connectivity index (χ1) is 12.6. The molecule has 1 N–H and O–H groups in total. The molecule has 0 radical (unpaired) electrons. The quantitative estimate of drug-likeness (QED) is 0.739. The van der Waals surface area contributed by atoms with Crippen molar-refractivity contribution in [2.24, 2.45) is 0 Å². The van der Waals surface area contributed by atoms with Crippen LogP contribution < -0.4 is 5.32 Å². The fourth-order valence-electron chi connectivity index (χ4n) is 3.14. The molecule has 1 aliphatic rings. The lowest BCUT2D eigenvalue weighted by Gasteiger charge is -2.34. The zero-order valence-electron chi connectivity index (χ0n) is 14.2. The molecule has 2 aromatic heterocycles. The van der Waals surface area contributed by atoms with Crippen molar-refractivity contribution in [3.8, 4) is 0 Å². The first-order valence-corrected chi connectivity index (χ1v) is 9.58. The largest absolute Gasteiger partial charge is 0.349 e. The molecule has 1 amide bonds. The minimum atomic E-state index is -0.253. The van der Waals surface area contributed by atoms with Crippen LogP contribution in [0.1, 0.15) is 33.5 Å². The zero-order valence-corrected chi connectivity index (χ0v) is 15.8. The van der Waals surface area contributed by atoms with Gasteiger partial charge in [0.2, 0.25) is 5.01 Å². The molecule has 1 aliphatic heterocycles. The summed E-state index contributed by atoms with van der Waals surface area (Å²) < 4.78 is 2.28. The number of nitrogens with zero attached hydrogens (tertiary/aromatic N) is 4. The summed E-state index contributed by atoms with van der Waals surface area (Å²) in [5.41, 5.74) is 1.99. The Labute approximate surface area is 160 Å². The number of rotatable bonds is 4. The molecule has 0 saturated carbocycles. The molecule has 4 rings (SSSR count). The summed E-state index contributed by atoms with van der Waals surface area (Å²) in [6, 6.07) is 11.5. The van der Waals surface area contributed by atoms with Gasteiger partial charge in [-0.15, -0.1) is 10.2 Å². The fourth-order valence-corrected chi connectivity index (χ4v) is 4.03. The van der Waals surface area contributed by atoms with E-state index in [0.717, 1.165) is 18.1 Å². The summed E-state index contributed by atoms with van der Waals surface area (Å²) in [5.74, 6) is -0.253. The Morgan fingerprint density at radius 2 is 2.08 bits per heavy atom. The molecular formula is C18H18ClN5OS. The van der Waals surface area contributed by atoms with Crippen LogP contribution in [-0.4, -0.2) is 32.1 Å². The van der Waals surface area contributed by atoms with Gasteiger partial charge < -0.3 is 9.88 Å². The Balaban J connectivity index is 1.42. The highest BCUT2D eigenvalue weighted by Crippen LogP contribution is 2.27. The van der Waals surface area contributed by atoms with Crippen LogP contribution in [0.5, 0.6) is 0 Å². The Kier molecular flexibility index (Phi) is 4.76. The smallest absolute Gasteiger partial charge is 0.286 e. The molecule has 0 aliphatic carbocycles. The maximum atomic E-state index is 12.3. The summed E-state index contributed by atoms with van der Waals surface area (Å²) in [5, 5.41) is 12.9. The normalized spacial score (nSPS) is 17.1. The molecule has 26 heavy (non-hydrogen) atoms. The summed E-state index contributed by atoms with van der Waals surface area (Å²) in [6.07, 6.45) is 2.12. The maximum absolute atomic E-state index is 12.3. The molecule has 134 valence electrons. The van der Waals surface area contributed by atoms with E-state index < -0.39 is 0 Å². The van der Waals surface area contributed by atoms with Crippen LogP contribution in [0.4, 0.5) is 5.69 Å². The first kappa shape index (κ1) is 17.2. The molecule has 0 spiro atoms. The fraction of sp³-hybridized carbons (Fsp3) is 0.278. The second kappa shape index (κ2) is 7.19. The van der Waals surface area contributed by atoms with Gasteiger partial charge in [-0.3, -0.25) is 9.69 Å². The molecule has 1 unspecified atom stereocenters. The highest BCUT2D eigenvalue weighted by atomic mass is 35.5. The number of hydrogen-bond acceptors (Lipinski definition) is 5. The minimum absolute atomic E-state index is 0.253. The molecular weight excluding hydrogens is 370 g/mol. The number of nitrogens with one attached hydrogen (secondary N) is 1. The van der Waals surface area contributed by atoms with Gasteiger partial charge >= 0.3 is 0 Å². The average Bonchev–Trinajstić information content (AvgIpc) is 3.29. The van der Waals surface area contributed by atoms with Gasteiger partial charge in [-0.2, -0.15) is 0 Å². The minimum Gasteiger partial charge on any atom is -0.349 e. The molecule has 8 heteroatoms. The van der Waals surface area contributed by atoms with E-state index in [4.69, 9.17) is 11.6 Å². The lowest BCUT2D eigenvalue weighted by atomic mass is 10.1. The summed E-state index contributed by atoms with van der Waals surface area (Å²) in [7, 11) is 0. The third kappa shape index (κ3) is 3.51. The van der Waals surface area contributed by atoms with Crippen LogP contribution in [0.3, 0.4) is 0 Å². The highest BCUT2D eigenvalue weighted by molar-refractivity contribution is 7.13. The van der Waals surface area contributed by atoms with Crippen LogP contribution in [-0.2, 0) is 13.1 Å². The van der Waals surface area contributed by atoms with Gasteiger partial charge in [0.1, 0.15) is 5.01 Å². The van der Waals surface area contributed by atoms with Gasteiger partial charge in [0.25, 0.3) is 5.91 Å². The number of carbonyl (C=O) groups excluding carboxylic acids is 1. The second-order valence-corrected chi connectivity index (χ2v) is 7.73. The van der Waals surface area contributed by atoms with Crippen molar-refractivity contribution in [2.45, 2.75) is 26.1 Å². The zero-order chi connectivity index (χ0) is 18.1. The van der Waals surface area contributed by atoms with E-state index in [1.54, 1.807) is 24.3 Å². The molecule has 3 heterocycles. The maximum Gasteiger partial charge on any atom is 0.286 e. The molecule has 3 aromatic rings. The summed E-state index contributed by atoms with van der Waals surface area (Å²) in [6.45, 7) is 4.81. The van der Waals surface area contributed by atoms with Gasteiger partial charge in [-0.25, -0.2) is 0 Å². The van der Waals surface area contributed by atoms with E-state index in [1.165, 1.54) is 17.0 Å². The number of benzene rings is 1. The number of hydrogen-bond donors (Lipinski definition) is 1. The van der Waals surface area contributed by atoms with Crippen LogP contribution >= 0.6 is 22.9 Å². The van der Waals surface area contributed by atoms with Crippen LogP contribution in [0.25, 0.3) is 0 Å². The Morgan fingerprint density at radius 3 is 2.88 bits per heavy atom. The standard InChI is InChI=1S/C18H18ClN5OS/c1-12-15-3-2-8-23(15)9-10-24(12)11-16-21-22-18(26-16)17(25)20-14-6-4-13(19)5-7-14/h2-8,12H,9-11H2,1H3,(H,20,25). The van der Waals surface area contributed by atoms with E-state index in [9.17, 15) is 4.79 Å². The number of amides is 1. The van der Waals surface area contributed by atoms with Crippen molar-refractivity contribution in [3.05, 3.63) is 63.3 Å². The predicted molar refractivity (Wildman–Crippen MR) is 103 cm³/mol. The Bertz CT molecular complexity index is 920. The van der Waals surface area contributed by atoms with E-state index in [0.29, 0.717) is 28.3 Å². The van der Waals surface area contributed by atoms with Crippen molar-refractivity contribution in [2.75, 3.05) is 11.9 Å². The van der Waals surface area contributed by atoms with E-state index in [-0.39, 0.29) is 5.91 Å². The predicted octanol–water partition coefficient (Wildman–Crippen LogP) is 3.82. The van der Waals surface area contributed by atoms with Gasteiger partial charge in [-0.1, -0.05) is 22.9 Å². The average molecular weight is 388 g/mol. The SMILES string of the molecule is CC1c2cccn2CCN1Cc1nnc(C(=O)Nc2ccc(Cl)cc2)s1. The van der Waals surface area contributed by atoms with Gasteiger partial charge in [0.15, 0.2) is 0 Å². The van der Waals surface area contributed by atoms with Gasteiger partial charge in [0.05, 0.1) is 6.54 Å². The molecule has 0 fully saturated rings.